The van der Waals surface area contributed by atoms with Gasteiger partial charge in [0.25, 0.3) is 0 Å². The van der Waals surface area contributed by atoms with Crippen molar-refractivity contribution in [3.8, 4) is 22.8 Å². The Morgan fingerprint density at radius 2 is 1.77 bits per heavy atom. The van der Waals surface area contributed by atoms with Crippen molar-refractivity contribution < 1.29 is 22.4 Å². The van der Waals surface area contributed by atoms with E-state index < -0.39 is 17.4 Å². The van der Waals surface area contributed by atoms with Gasteiger partial charge in [-0.1, -0.05) is 12.8 Å². The number of nitrogens with zero attached hydrogens (tertiary/aromatic N) is 8. The molecule has 0 saturated carbocycles. The molecule has 52 heavy (non-hydrogen) atoms. The van der Waals surface area contributed by atoms with Crippen LogP contribution in [0.5, 0.6) is 0 Å². The minimum atomic E-state index is -4.65. The highest BCUT2D eigenvalue weighted by Crippen LogP contribution is 2.42. The number of carbonyl (C=O) groups is 1. The van der Waals surface area contributed by atoms with Crippen LogP contribution in [0.3, 0.4) is 0 Å². The number of pyridine rings is 1. The Bertz CT molecular complexity index is 2210. The third kappa shape index (κ3) is 6.83. The number of halogens is 3. The highest BCUT2D eigenvalue weighted by atomic mass is 19.4. The fraction of sp³-hybridized carbons (Fsp3) is 0.432. The van der Waals surface area contributed by atoms with Crippen LogP contribution in [0.4, 0.5) is 30.5 Å². The fourth-order valence-corrected chi connectivity index (χ4v) is 7.15. The van der Waals surface area contributed by atoms with E-state index in [2.05, 4.69) is 39.1 Å². The van der Waals surface area contributed by atoms with Gasteiger partial charge in [0.15, 0.2) is 17.5 Å². The lowest BCUT2D eigenvalue weighted by molar-refractivity contribution is -0.136. The minimum absolute atomic E-state index is 0.0431. The van der Waals surface area contributed by atoms with Gasteiger partial charge < -0.3 is 14.6 Å². The molecule has 7 rings (SSSR count). The number of nitrogens with one attached hydrogen (secondary N) is 1. The topological polar surface area (TPSA) is 135 Å². The van der Waals surface area contributed by atoms with E-state index in [9.17, 15) is 22.8 Å². The lowest BCUT2D eigenvalue weighted by Crippen LogP contribution is -2.48. The van der Waals surface area contributed by atoms with Gasteiger partial charge in [-0.25, -0.2) is 24.7 Å². The van der Waals surface area contributed by atoms with E-state index in [0.717, 1.165) is 61.2 Å². The van der Waals surface area contributed by atoms with Crippen molar-refractivity contribution >= 4 is 34.2 Å². The Balaban J connectivity index is 0.954. The summed E-state index contributed by atoms with van der Waals surface area (Å²) >= 11 is 0. The Morgan fingerprint density at radius 1 is 0.981 bits per heavy atom. The second kappa shape index (κ2) is 13.7. The van der Waals surface area contributed by atoms with Crippen LogP contribution in [0.1, 0.15) is 69.7 Å². The molecule has 0 saturated heterocycles. The molecule has 0 bridgehead atoms. The summed E-state index contributed by atoms with van der Waals surface area (Å²) in [6.07, 6.45) is 3.89. The first-order valence-electron chi connectivity index (χ1n) is 17.6. The van der Waals surface area contributed by atoms with Crippen LogP contribution in [-0.2, 0) is 23.9 Å². The average molecular weight is 716 g/mol. The lowest BCUT2D eigenvalue weighted by Gasteiger charge is -2.45. The number of hydrogen-bond donors (Lipinski definition) is 1. The normalized spacial score (nSPS) is 15.5. The van der Waals surface area contributed by atoms with Crippen LogP contribution in [-0.4, -0.2) is 60.8 Å². The van der Waals surface area contributed by atoms with Gasteiger partial charge in [-0.2, -0.15) is 13.2 Å². The third-order valence-corrected chi connectivity index (χ3v) is 9.96. The number of fused-ring (bicyclic) bond motifs is 3. The SMILES string of the molecule is CCN1C(=O)CNc2ncc(-c3ccc(-c4ncn(CCCCCCN5c6cc7oc(=O)cc(C(F)(F)F)c7cc6CCC5(C)C)n4)nc3C)nc21. The molecule has 0 fully saturated rings. The predicted molar refractivity (Wildman–Crippen MR) is 191 cm³/mol. The zero-order valence-electron chi connectivity index (χ0n) is 29.5. The Morgan fingerprint density at radius 3 is 2.52 bits per heavy atom. The summed E-state index contributed by atoms with van der Waals surface area (Å²) in [7, 11) is 0. The van der Waals surface area contributed by atoms with Crippen molar-refractivity contribution in [2.45, 2.75) is 84.5 Å². The standard InChI is InChI=1S/C37H40F3N9O3/c1-5-48-31(50)20-42-34-35(48)45-28(19-41-34)24-10-11-27(44-22(24)2)33-43-21-47(46-33)14-8-6-7-9-15-49-29-18-30-25(16-23(29)12-13-36(49,3)4)26(37(38,39)40)17-32(51)52-30/h10-11,16-19,21H,5-9,12-15,20H2,1-4H3,(H,41,42). The molecule has 0 atom stereocenters. The quantitative estimate of drug-likeness (QED) is 0.122. The largest absolute Gasteiger partial charge is 0.423 e. The highest BCUT2D eigenvalue weighted by Gasteiger charge is 2.37. The van der Waals surface area contributed by atoms with Crippen molar-refractivity contribution in [2.75, 3.05) is 34.8 Å². The first kappa shape index (κ1) is 35.1. The van der Waals surface area contributed by atoms with Gasteiger partial charge in [-0.3, -0.25) is 14.4 Å². The maximum Gasteiger partial charge on any atom is 0.417 e. The molecule has 0 unspecified atom stereocenters. The van der Waals surface area contributed by atoms with Crippen molar-refractivity contribution in [3.05, 3.63) is 70.1 Å². The fourth-order valence-electron chi connectivity index (χ4n) is 7.15. The number of hydrogen-bond acceptors (Lipinski definition) is 10. The van der Waals surface area contributed by atoms with Crippen molar-refractivity contribution in [1.82, 2.24) is 29.7 Å². The second-order valence-electron chi connectivity index (χ2n) is 13.9. The summed E-state index contributed by atoms with van der Waals surface area (Å²) in [5, 5.41) is 7.59. The maximum atomic E-state index is 13.7. The second-order valence-corrected chi connectivity index (χ2v) is 13.9. The monoisotopic (exact) mass is 715 g/mol. The number of rotatable bonds is 10. The molecule has 4 aromatic heterocycles. The smallest absolute Gasteiger partial charge is 0.417 e. The van der Waals surface area contributed by atoms with Crippen molar-refractivity contribution in [3.63, 3.8) is 0 Å². The van der Waals surface area contributed by atoms with Crippen LogP contribution in [0.25, 0.3) is 33.7 Å². The van der Waals surface area contributed by atoms with E-state index in [4.69, 9.17) is 14.4 Å². The lowest BCUT2D eigenvalue weighted by atomic mass is 9.85. The van der Waals surface area contributed by atoms with E-state index in [0.29, 0.717) is 54.4 Å². The molecule has 15 heteroatoms. The Kier molecular flexibility index (Phi) is 9.21. The number of carbonyl (C=O) groups excluding carboxylic acids is 1. The molecule has 0 radical (unpaired) electrons. The number of amides is 1. The molecule has 272 valence electrons. The van der Waals surface area contributed by atoms with Crippen LogP contribution < -0.4 is 20.7 Å². The van der Waals surface area contributed by atoms with Crippen LogP contribution in [0.2, 0.25) is 0 Å². The zero-order chi connectivity index (χ0) is 36.8. The Labute approximate surface area is 298 Å². The van der Waals surface area contributed by atoms with Crippen molar-refractivity contribution in [2.24, 2.45) is 0 Å². The van der Waals surface area contributed by atoms with Gasteiger partial charge in [0.1, 0.15) is 17.6 Å². The molecule has 0 spiro atoms. The van der Waals surface area contributed by atoms with E-state index in [-0.39, 0.29) is 29.0 Å². The summed E-state index contributed by atoms with van der Waals surface area (Å²) in [5.74, 6) is 1.56. The van der Waals surface area contributed by atoms with Crippen molar-refractivity contribution in [1.29, 1.82) is 0 Å². The van der Waals surface area contributed by atoms with Crippen LogP contribution >= 0.6 is 0 Å². The first-order valence-corrected chi connectivity index (χ1v) is 17.6. The number of alkyl halides is 3. The zero-order valence-corrected chi connectivity index (χ0v) is 29.5. The van der Waals surface area contributed by atoms with E-state index in [1.807, 2.05) is 30.7 Å². The number of likely N-dealkylation sites (N-methyl/N-ethyl adjacent to an activating group) is 1. The summed E-state index contributed by atoms with van der Waals surface area (Å²) in [6, 6.07) is 7.46. The van der Waals surface area contributed by atoms with Gasteiger partial charge in [-0.15, -0.1) is 5.10 Å². The van der Waals surface area contributed by atoms with Gasteiger partial charge >= 0.3 is 11.8 Å². The molecule has 2 aliphatic rings. The van der Waals surface area contributed by atoms with E-state index in [1.165, 1.54) is 0 Å². The molecule has 0 aliphatic carbocycles. The number of aryl methyl sites for hydroxylation is 3. The molecule has 12 nitrogen and oxygen atoms in total. The molecule has 6 heterocycles. The van der Waals surface area contributed by atoms with E-state index >= 15 is 0 Å². The first-order chi connectivity index (χ1) is 24.8. The predicted octanol–water partition coefficient (Wildman–Crippen LogP) is 6.80. The summed E-state index contributed by atoms with van der Waals surface area (Å²) in [6.45, 7) is 10.2. The van der Waals surface area contributed by atoms with Crippen LogP contribution in [0, 0.1) is 6.92 Å². The average Bonchev–Trinajstić information content (AvgIpc) is 3.58. The summed E-state index contributed by atoms with van der Waals surface area (Å²) < 4.78 is 48.2. The molecule has 1 amide bonds. The molecular weight excluding hydrogens is 675 g/mol. The number of anilines is 3. The molecule has 5 aromatic rings. The Hall–Kier alpha value is -5.34. The van der Waals surface area contributed by atoms with Gasteiger partial charge in [0, 0.05) is 59.6 Å². The molecule has 1 aromatic carbocycles. The highest BCUT2D eigenvalue weighted by molar-refractivity contribution is 6.00. The van der Waals surface area contributed by atoms with Gasteiger partial charge in [0.2, 0.25) is 5.91 Å². The number of benzene rings is 1. The van der Waals surface area contributed by atoms with Crippen LogP contribution in [0.15, 0.2) is 52.1 Å². The third-order valence-electron chi connectivity index (χ3n) is 9.96. The number of aromatic nitrogens is 6. The maximum absolute atomic E-state index is 13.7. The molecule has 2 aliphatic heterocycles. The minimum Gasteiger partial charge on any atom is -0.423 e. The summed E-state index contributed by atoms with van der Waals surface area (Å²) in [5.41, 5.74) is 2.25. The van der Waals surface area contributed by atoms with Gasteiger partial charge in [0.05, 0.1) is 24.0 Å². The van der Waals surface area contributed by atoms with E-state index in [1.54, 1.807) is 29.6 Å². The van der Waals surface area contributed by atoms with Gasteiger partial charge in [-0.05, 0) is 77.1 Å². The summed E-state index contributed by atoms with van der Waals surface area (Å²) in [4.78, 5) is 46.7. The molecule has 1 N–H and O–H groups in total. The molecular formula is C37H40F3N9O3. The number of unbranched alkanes of at least 4 members (excludes halogenated alkanes) is 3.